The van der Waals surface area contributed by atoms with E-state index in [1.807, 2.05) is 31.2 Å². The van der Waals surface area contributed by atoms with E-state index in [9.17, 15) is 9.18 Å². The van der Waals surface area contributed by atoms with Crippen LogP contribution in [-0.4, -0.2) is 60.8 Å². The normalized spacial score (nSPS) is 19.9. The molecule has 2 aliphatic heterocycles. The lowest BCUT2D eigenvalue weighted by molar-refractivity contribution is -0.0344. The molecule has 3 fully saturated rings. The van der Waals surface area contributed by atoms with Gasteiger partial charge < -0.3 is 25.0 Å². The van der Waals surface area contributed by atoms with Gasteiger partial charge in [0.2, 0.25) is 5.88 Å². The third-order valence-electron chi connectivity index (χ3n) is 7.71. The molecule has 1 aliphatic carbocycles. The maximum absolute atomic E-state index is 13.4. The van der Waals surface area contributed by atoms with E-state index in [-0.39, 0.29) is 35.0 Å². The highest BCUT2D eigenvalue weighted by Crippen LogP contribution is 2.52. The zero-order valence-electron chi connectivity index (χ0n) is 21.8. The molecule has 10 heteroatoms. The second kappa shape index (κ2) is 10.6. The van der Waals surface area contributed by atoms with Crippen molar-refractivity contribution in [3.63, 3.8) is 0 Å². The number of hydrogen-bond donors (Lipinski definition) is 2. The van der Waals surface area contributed by atoms with Gasteiger partial charge in [-0.15, -0.1) is 0 Å². The second-order valence-corrected chi connectivity index (χ2v) is 11.0. The number of halogens is 2. The maximum Gasteiger partial charge on any atom is 0.274 e. The Morgan fingerprint density at radius 3 is 2.85 bits per heavy atom. The second-order valence-electron chi connectivity index (χ2n) is 10.6. The maximum atomic E-state index is 13.4. The molecule has 2 saturated heterocycles. The first kappa shape index (κ1) is 25.8. The molecule has 2 N–H and O–H groups in total. The number of hydrogen-bond acceptors (Lipinski definition) is 7. The molecular formula is C29H31ClFN5O3. The molecule has 1 saturated carbocycles. The van der Waals surface area contributed by atoms with Gasteiger partial charge in [-0.1, -0.05) is 11.6 Å². The van der Waals surface area contributed by atoms with Crippen LogP contribution in [-0.2, 0) is 0 Å². The van der Waals surface area contributed by atoms with Crippen LogP contribution in [0.15, 0.2) is 48.7 Å². The number of benzene rings is 1. The smallest absolute Gasteiger partial charge is 0.274 e. The number of ether oxygens (including phenoxy) is 2. The third-order valence-corrected chi connectivity index (χ3v) is 8.02. The van der Waals surface area contributed by atoms with Gasteiger partial charge in [0.1, 0.15) is 11.9 Å². The first-order chi connectivity index (χ1) is 18.9. The van der Waals surface area contributed by atoms with Crippen LogP contribution >= 0.6 is 11.6 Å². The Morgan fingerprint density at radius 2 is 2.10 bits per heavy atom. The van der Waals surface area contributed by atoms with Crippen LogP contribution in [0.5, 0.6) is 11.6 Å². The standard InChI is InChI=1S/C29H31ClFN5O3/c1-2-38-28-21(4-3-10-33-28)23-6-8-25(26(35-23)27(37)34-19-9-11-32-15-19)39-20-13-29(14-20)16-36(17-29)24-7-5-18(31)12-22(24)30/h3-8,10,12,19-20,32H,2,9,11,13-17H2,1H3,(H,34,37). The third kappa shape index (κ3) is 5.25. The fraction of sp³-hybridized carbons (Fsp3) is 0.414. The minimum absolute atomic E-state index is 0.0134. The van der Waals surface area contributed by atoms with E-state index in [4.69, 9.17) is 26.1 Å². The molecule has 0 bridgehead atoms. The zero-order chi connectivity index (χ0) is 27.0. The molecule has 0 radical (unpaired) electrons. The van der Waals surface area contributed by atoms with Gasteiger partial charge in [-0.25, -0.2) is 14.4 Å². The van der Waals surface area contributed by atoms with E-state index in [0.717, 1.165) is 56.7 Å². The van der Waals surface area contributed by atoms with Crippen LogP contribution in [0.25, 0.3) is 11.3 Å². The summed E-state index contributed by atoms with van der Waals surface area (Å²) < 4.78 is 25.5. The molecule has 39 heavy (non-hydrogen) atoms. The van der Waals surface area contributed by atoms with E-state index >= 15 is 0 Å². The molecule has 1 amide bonds. The van der Waals surface area contributed by atoms with Crippen LogP contribution in [0.2, 0.25) is 5.02 Å². The predicted molar refractivity (Wildman–Crippen MR) is 147 cm³/mol. The summed E-state index contributed by atoms with van der Waals surface area (Å²) in [6.45, 7) is 5.68. The Balaban J connectivity index is 1.18. The minimum atomic E-state index is -0.336. The first-order valence-electron chi connectivity index (χ1n) is 13.4. The lowest BCUT2D eigenvalue weighted by Gasteiger charge is -2.59. The lowest BCUT2D eigenvalue weighted by Crippen LogP contribution is -2.65. The van der Waals surface area contributed by atoms with Gasteiger partial charge in [-0.3, -0.25) is 4.79 Å². The number of carbonyl (C=O) groups is 1. The molecule has 204 valence electrons. The number of pyridine rings is 2. The highest BCUT2D eigenvalue weighted by molar-refractivity contribution is 6.33. The highest BCUT2D eigenvalue weighted by atomic mass is 35.5. The summed E-state index contributed by atoms with van der Waals surface area (Å²) in [5, 5.41) is 6.80. The molecule has 1 atom stereocenters. The van der Waals surface area contributed by atoms with Crippen LogP contribution in [0.3, 0.4) is 0 Å². The Hall–Kier alpha value is -3.43. The Kier molecular flexibility index (Phi) is 7.03. The molecule has 1 unspecified atom stereocenters. The number of anilines is 1. The van der Waals surface area contributed by atoms with Gasteiger partial charge in [-0.05, 0) is 75.2 Å². The van der Waals surface area contributed by atoms with Crippen LogP contribution in [0.4, 0.5) is 10.1 Å². The summed E-state index contributed by atoms with van der Waals surface area (Å²) in [5.74, 6) is 0.362. The van der Waals surface area contributed by atoms with Gasteiger partial charge in [0.05, 0.1) is 28.6 Å². The zero-order valence-corrected chi connectivity index (χ0v) is 22.5. The van der Waals surface area contributed by atoms with Gasteiger partial charge in [-0.2, -0.15) is 0 Å². The fourth-order valence-electron chi connectivity index (χ4n) is 5.82. The molecule has 4 heterocycles. The van der Waals surface area contributed by atoms with Gasteiger partial charge in [0.15, 0.2) is 11.4 Å². The predicted octanol–water partition coefficient (Wildman–Crippen LogP) is 4.47. The monoisotopic (exact) mass is 551 g/mol. The number of nitrogens with zero attached hydrogens (tertiary/aromatic N) is 3. The average Bonchev–Trinajstić information content (AvgIpc) is 3.39. The molecule has 3 aliphatic rings. The Labute approximate surface area is 231 Å². The largest absolute Gasteiger partial charge is 0.488 e. The fourth-order valence-corrected chi connectivity index (χ4v) is 6.11. The number of carbonyl (C=O) groups excluding carboxylic acids is 1. The molecule has 1 aromatic carbocycles. The van der Waals surface area contributed by atoms with E-state index in [1.54, 1.807) is 12.3 Å². The van der Waals surface area contributed by atoms with Crippen molar-refractivity contribution in [3.05, 3.63) is 65.2 Å². The molecule has 6 rings (SSSR count). The number of aromatic nitrogens is 2. The van der Waals surface area contributed by atoms with E-state index in [0.29, 0.717) is 29.0 Å². The number of rotatable bonds is 8. The SMILES string of the molecule is CCOc1ncccc1-c1ccc(OC2CC3(C2)CN(c2ccc(F)cc2Cl)C3)c(C(=O)NC2CCNC2)n1. The Bertz CT molecular complexity index is 1370. The first-order valence-corrected chi connectivity index (χ1v) is 13.8. The van der Waals surface area contributed by atoms with Crippen molar-refractivity contribution in [1.29, 1.82) is 0 Å². The highest BCUT2D eigenvalue weighted by Gasteiger charge is 2.54. The molecular weight excluding hydrogens is 521 g/mol. The van der Waals surface area contributed by atoms with Crippen LogP contribution < -0.4 is 25.0 Å². The van der Waals surface area contributed by atoms with Crippen molar-refractivity contribution in [2.24, 2.45) is 5.41 Å². The summed E-state index contributed by atoms with van der Waals surface area (Å²) in [7, 11) is 0. The number of nitrogens with one attached hydrogen (secondary N) is 2. The van der Waals surface area contributed by atoms with Crippen molar-refractivity contribution in [2.75, 3.05) is 37.7 Å². The molecule has 3 aromatic rings. The van der Waals surface area contributed by atoms with Gasteiger partial charge >= 0.3 is 0 Å². The van der Waals surface area contributed by atoms with Crippen LogP contribution in [0.1, 0.15) is 36.7 Å². The average molecular weight is 552 g/mol. The van der Waals surface area contributed by atoms with Crippen molar-refractivity contribution in [3.8, 4) is 22.9 Å². The summed E-state index contributed by atoms with van der Waals surface area (Å²) in [5.41, 5.74) is 2.59. The summed E-state index contributed by atoms with van der Waals surface area (Å²) >= 11 is 6.25. The minimum Gasteiger partial charge on any atom is -0.488 e. The quantitative estimate of drug-likeness (QED) is 0.427. The lowest BCUT2D eigenvalue weighted by atomic mass is 9.61. The van der Waals surface area contributed by atoms with E-state index in [1.165, 1.54) is 12.1 Å². The van der Waals surface area contributed by atoms with E-state index < -0.39 is 0 Å². The topological polar surface area (TPSA) is 88.6 Å². The summed E-state index contributed by atoms with van der Waals surface area (Å²) in [6, 6.07) is 11.9. The molecule has 1 spiro atoms. The van der Waals surface area contributed by atoms with Crippen molar-refractivity contribution >= 4 is 23.2 Å². The van der Waals surface area contributed by atoms with Crippen molar-refractivity contribution in [1.82, 2.24) is 20.6 Å². The Morgan fingerprint density at radius 1 is 1.26 bits per heavy atom. The summed E-state index contributed by atoms with van der Waals surface area (Å²) in [6.07, 6.45) is 4.27. The van der Waals surface area contributed by atoms with Crippen LogP contribution in [0, 0.1) is 11.2 Å². The van der Waals surface area contributed by atoms with Crippen molar-refractivity contribution in [2.45, 2.75) is 38.3 Å². The summed E-state index contributed by atoms with van der Waals surface area (Å²) in [4.78, 5) is 24.6. The molecule has 8 nitrogen and oxygen atoms in total. The van der Waals surface area contributed by atoms with Gasteiger partial charge in [0.25, 0.3) is 5.91 Å². The number of amides is 1. The van der Waals surface area contributed by atoms with Crippen molar-refractivity contribution < 1.29 is 18.7 Å². The van der Waals surface area contributed by atoms with E-state index in [2.05, 4.69) is 20.5 Å². The molecule has 2 aromatic heterocycles. The van der Waals surface area contributed by atoms with Gasteiger partial charge in [0, 0.05) is 37.3 Å².